The zero-order valence-corrected chi connectivity index (χ0v) is 35.7. The average molecular weight is 792 g/mol. The lowest BCUT2D eigenvalue weighted by molar-refractivity contribution is -0.103. The van der Waals surface area contributed by atoms with Crippen LogP contribution < -0.4 is 10.3 Å². The van der Waals surface area contributed by atoms with Crippen molar-refractivity contribution >= 4 is 77.0 Å². The molecule has 0 atom stereocenters. The highest BCUT2D eigenvalue weighted by Gasteiger charge is 2.39. The molecule has 0 amide bonds. The topological polar surface area (TPSA) is 65.0 Å². The molecule has 1 aliphatic carbocycles. The van der Waals surface area contributed by atoms with E-state index in [1.54, 1.807) is 11.8 Å². The average Bonchev–Trinajstić information content (AvgIpc) is 3.40. The number of hydrogen-bond acceptors (Lipinski definition) is 6. The fourth-order valence-corrected chi connectivity index (χ4v) is 11.3. The van der Waals surface area contributed by atoms with Crippen LogP contribution in [0, 0.1) is 5.41 Å². The molecule has 0 saturated heterocycles. The van der Waals surface area contributed by atoms with Crippen LogP contribution in [0.3, 0.4) is 0 Å². The van der Waals surface area contributed by atoms with E-state index in [4.69, 9.17) is 15.8 Å². The van der Waals surface area contributed by atoms with Gasteiger partial charge in [-0.15, -0.1) is 0 Å². The van der Waals surface area contributed by atoms with Crippen molar-refractivity contribution in [2.45, 2.75) is 63.5 Å². The summed E-state index contributed by atoms with van der Waals surface area (Å²) in [5, 5.41) is 20.7. The summed E-state index contributed by atoms with van der Waals surface area (Å²) in [6, 6.07) is 38.7. The molecule has 7 heteroatoms. The first-order valence-electron chi connectivity index (χ1n) is 19.3. The molecule has 5 aromatic carbocycles. The molecule has 1 heterocycles. The second-order valence-corrected chi connectivity index (χ2v) is 19.1. The number of aliphatic imine (C=N–C) groups is 1. The van der Waals surface area contributed by atoms with Crippen molar-refractivity contribution in [2.75, 3.05) is 19.0 Å². The number of nitrogens with one attached hydrogen (secondary N) is 1. The lowest BCUT2D eigenvalue weighted by Crippen LogP contribution is -2.36. The van der Waals surface area contributed by atoms with Crippen LogP contribution in [-0.4, -0.2) is 28.6 Å². The Labute approximate surface area is 345 Å². The smallest absolute Gasteiger partial charge is 0.278 e. The number of hydrogen-bond donors (Lipinski definition) is 2. The molecule has 0 saturated carbocycles. The van der Waals surface area contributed by atoms with E-state index in [0.29, 0.717) is 8.75 Å². The molecule has 2 aliphatic rings. The van der Waals surface area contributed by atoms with E-state index in [1.807, 2.05) is 25.2 Å². The predicted molar refractivity (Wildman–Crippen MR) is 249 cm³/mol. The molecule has 7 rings (SSSR count). The summed E-state index contributed by atoms with van der Waals surface area (Å²) in [6.45, 7) is 9.23. The van der Waals surface area contributed by atoms with Gasteiger partial charge >= 0.3 is 0 Å². The third kappa shape index (κ3) is 8.13. The van der Waals surface area contributed by atoms with Crippen molar-refractivity contribution in [1.29, 1.82) is 5.41 Å². The minimum Gasteiger partial charge on any atom is -0.347 e. The van der Waals surface area contributed by atoms with E-state index < -0.39 is 0 Å². The fraction of sp³-hybridized carbons (Fsp3) is 0.245. The van der Waals surface area contributed by atoms with Gasteiger partial charge in [-0.05, 0) is 98.6 Å². The van der Waals surface area contributed by atoms with Crippen molar-refractivity contribution in [3.8, 4) is 0 Å². The molecule has 4 nitrogen and oxygen atoms in total. The van der Waals surface area contributed by atoms with Crippen molar-refractivity contribution in [1.82, 2.24) is 0 Å². The number of thioether (sulfide) groups is 3. The SMILES string of the molecule is CN=C(/C=C/C1=C(SC(=[NH2+])SC(=N)SCc2ccccc2)C(=C/C=C2/N(C)c3ccc4ccccc4c3C2(C)C)/CCC1)C(C)(C)c1cccc2ccccc12. The van der Waals surface area contributed by atoms with Gasteiger partial charge in [-0.25, -0.2) is 5.41 Å². The Kier molecular flexibility index (Phi) is 12.0. The Hall–Kier alpha value is -4.56. The summed E-state index contributed by atoms with van der Waals surface area (Å²) < 4.78 is 1.16. The number of anilines is 1. The molecule has 0 bridgehead atoms. The minimum absolute atomic E-state index is 0.178. The van der Waals surface area contributed by atoms with Crippen molar-refractivity contribution < 1.29 is 5.41 Å². The van der Waals surface area contributed by atoms with Gasteiger partial charge in [-0.1, -0.05) is 155 Å². The summed E-state index contributed by atoms with van der Waals surface area (Å²) in [5.41, 5.74) is 9.42. The molecule has 1 aliphatic heterocycles. The number of likely N-dealkylation sites (N-methyl/N-ethyl adjacent to an activating group) is 1. The molecular formula is C49H51N4S3+. The first-order valence-corrected chi connectivity index (χ1v) is 21.9. The van der Waals surface area contributed by atoms with Gasteiger partial charge in [0.2, 0.25) is 0 Å². The normalized spacial score (nSPS) is 17.5. The molecule has 5 aromatic rings. The first-order chi connectivity index (χ1) is 27.0. The maximum atomic E-state index is 8.77. The fourth-order valence-electron chi connectivity index (χ4n) is 8.34. The van der Waals surface area contributed by atoms with E-state index in [1.165, 1.54) is 89.2 Å². The molecule has 0 fully saturated rings. The highest BCUT2D eigenvalue weighted by atomic mass is 32.2. The molecule has 0 radical (unpaired) electrons. The second-order valence-electron chi connectivity index (χ2n) is 15.5. The zero-order chi connectivity index (χ0) is 39.5. The van der Waals surface area contributed by atoms with Gasteiger partial charge in [0.25, 0.3) is 4.38 Å². The van der Waals surface area contributed by atoms with Crippen molar-refractivity contribution in [2.24, 2.45) is 4.99 Å². The lowest BCUT2D eigenvalue weighted by atomic mass is 9.77. The van der Waals surface area contributed by atoms with Gasteiger partial charge in [0, 0.05) is 64.4 Å². The van der Waals surface area contributed by atoms with E-state index in [2.05, 4.69) is 155 Å². The molecule has 0 unspecified atom stereocenters. The number of allylic oxidation sites excluding steroid dienone is 7. The van der Waals surface area contributed by atoms with E-state index in [-0.39, 0.29) is 10.8 Å². The van der Waals surface area contributed by atoms with Crippen LogP contribution in [0.2, 0.25) is 0 Å². The van der Waals surface area contributed by atoms with Crippen molar-refractivity contribution in [3.63, 3.8) is 0 Å². The Morgan fingerprint density at radius 2 is 1.54 bits per heavy atom. The van der Waals surface area contributed by atoms with Crippen LogP contribution in [0.25, 0.3) is 21.5 Å². The number of nitrogens with two attached hydrogens (primary N) is 1. The highest BCUT2D eigenvalue weighted by Crippen LogP contribution is 2.50. The van der Waals surface area contributed by atoms with E-state index >= 15 is 0 Å². The molecule has 0 aromatic heterocycles. The van der Waals surface area contributed by atoms with Crippen LogP contribution >= 0.6 is 35.3 Å². The van der Waals surface area contributed by atoms with Gasteiger partial charge < -0.3 is 4.90 Å². The van der Waals surface area contributed by atoms with Gasteiger partial charge in [0.1, 0.15) is 4.38 Å². The van der Waals surface area contributed by atoms with Crippen LogP contribution in [-0.2, 0) is 16.6 Å². The van der Waals surface area contributed by atoms with E-state index in [0.717, 1.165) is 30.7 Å². The van der Waals surface area contributed by atoms with Crippen LogP contribution in [0.1, 0.15) is 63.6 Å². The quantitative estimate of drug-likeness (QED) is 0.121. The van der Waals surface area contributed by atoms with Gasteiger partial charge in [-0.2, -0.15) is 0 Å². The number of fused-ring (bicyclic) bond motifs is 4. The Morgan fingerprint density at radius 3 is 2.29 bits per heavy atom. The van der Waals surface area contributed by atoms with Gasteiger partial charge in [0.15, 0.2) is 0 Å². The molecule has 0 spiro atoms. The maximum Gasteiger partial charge on any atom is 0.278 e. The summed E-state index contributed by atoms with van der Waals surface area (Å²) in [5.74, 6) is 0.743. The van der Waals surface area contributed by atoms with Crippen LogP contribution in [0.15, 0.2) is 160 Å². The molecular weight excluding hydrogens is 741 g/mol. The van der Waals surface area contributed by atoms with E-state index in [9.17, 15) is 0 Å². The standard InChI is InChI=1S/C49H50N4S3/c1-48(2,40-25-15-20-34-18-10-12-23-38(34)40)42(52-5)30-27-36-21-14-22-37(45(36)55-47(51)56-46(50)54-32-33-16-8-7-9-17-33)28-31-43-49(3,4)44-39-24-13-11-19-35(39)26-29-41(44)53(43)6/h7-13,15-20,23-31,50-51H,14,21-22,32H2,1-6H3/p+1/b30-27+,37-28+,43-31+,50-46?,51-47?,52-42?. The summed E-state index contributed by atoms with van der Waals surface area (Å²) >= 11 is 4.48. The largest absolute Gasteiger partial charge is 0.347 e. The predicted octanol–water partition coefficient (Wildman–Crippen LogP) is 12.0. The monoisotopic (exact) mass is 791 g/mol. The molecule has 3 N–H and O–H groups in total. The maximum absolute atomic E-state index is 8.77. The Morgan fingerprint density at radius 1 is 0.857 bits per heavy atom. The first kappa shape index (κ1) is 39.7. The minimum atomic E-state index is -0.318. The lowest BCUT2D eigenvalue weighted by Gasteiger charge is -2.28. The molecule has 284 valence electrons. The highest BCUT2D eigenvalue weighted by molar-refractivity contribution is 8.54. The van der Waals surface area contributed by atoms with Crippen LogP contribution in [0.5, 0.6) is 0 Å². The zero-order valence-electron chi connectivity index (χ0n) is 33.2. The van der Waals surface area contributed by atoms with Gasteiger partial charge in [0.05, 0.1) is 0 Å². The van der Waals surface area contributed by atoms with Crippen LogP contribution in [0.4, 0.5) is 5.69 Å². The third-order valence-electron chi connectivity index (χ3n) is 11.2. The summed E-state index contributed by atoms with van der Waals surface area (Å²) in [7, 11) is 4.09. The summed E-state index contributed by atoms with van der Waals surface area (Å²) in [6.07, 6.45) is 12.1. The second kappa shape index (κ2) is 16.9. The molecule has 56 heavy (non-hydrogen) atoms. The van der Waals surface area contributed by atoms with Crippen molar-refractivity contribution in [3.05, 3.63) is 172 Å². The number of nitrogens with zero attached hydrogens (tertiary/aromatic N) is 2. The Bertz CT molecular complexity index is 2460. The van der Waals surface area contributed by atoms with Gasteiger partial charge in [-0.3, -0.25) is 10.4 Å². The number of benzene rings is 5. The number of rotatable bonds is 8. The Balaban J connectivity index is 1.23. The summed E-state index contributed by atoms with van der Waals surface area (Å²) in [4.78, 5) is 8.41. The third-order valence-corrected chi connectivity index (χ3v) is 14.4.